The van der Waals surface area contributed by atoms with Gasteiger partial charge >= 0.3 is 0 Å². The number of halogens is 1. The number of para-hydroxylation sites is 1. The molecule has 25 heavy (non-hydrogen) atoms. The molecule has 0 spiro atoms. The van der Waals surface area contributed by atoms with Crippen molar-refractivity contribution in [2.24, 2.45) is 0 Å². The quantitative estimate of drug-likeness (QED) is 0.810. The van der Waals surface area contributed by atoms with Gasteiger partial charge < -0.3 is 14.5 Å². The van der Waals surface area contributed by atoms with Gasteiger partial charge in [0.25, 0.3) is 5.56 Å². The molecule has 1 atom stereocenters. The van der Waals surface area contributed by atoms with E-state index in [2.05, 4.69) is 14.9 Å². The number of nitrogens with one attached hydrogen (secondary N) is 1. The smallest absolute Gasteiger partial charge is 0.251 e. The SMILES string of the molecule is Cc1cc(=O)[nH]c(C2CN(CCCOc3ccccc3F)CCO2)n1. The van der Waals surface area contributed by atoms with Gasteiger partial charge in [0.05, 0.1) is 13.2 Å². The molecule has 1 N–H and O–H groups in total. The third kappa shape index (κ3) is 4.87. The van der Waals surface area contributed by atoms with Crippen molar-refractivity contribution < 1.29 is 13.9 Å². The van der Waals surface area contributed by atoms with E-state index in [4.69, 9.17) is 9.47 Å². The summed E-state index contributed by atoms with van der Waals surface area (Å²) >= 11 is 0. The van der Waals surface area contributed by atoms with E-state index in [9.17, 15) is 9.18 Å². The van der Waals surface area contributed by atoms with Crippen LogP contribution in [0.4, 0.5) is 4.39 Å². The number of aryl methyl sites for hydroxylation is 1. The molecular weight excluding hydrogens is 325 g/mol. The number of H-pyrrole nitrogens is 1. The molecule has 2 aromatic rings. The van der Waals surface area contributed by atoms with Crippen LogP contribution in [0.15, 0.2) is 35.1 Å². The van der Waals surface area contributed by atoms with Gasteiger partial charge in [-0.3, -0.25) is 9.69 Å². The maximum absolute atomic E-state index is 13.5. The first-order chi connectivity index (χ1) is 12.1. The minimum absolute atomic E-state index is 0.165. The Morgan fingerprint density at radius 3 is 3.08 bits per heavy atom. The van der Waals surface area contributed by atoms with Crippen LogP contribution >= 0.6 is 0 Å². The molecule has 0 radical (unpaired) electrons. The van der Waals surface area contributed by atoms with E-state index in [0.717, 1.165) is 19.5 Å². The van der Waals surface area contributed by atoms with Crippen molar-refractivity contribution in [2.45, 2.75) is 19.4 Å². The standard InChI is InChI=1S/C18H22FN3O3/c1-13-11-17(23)21-18(20-13)16-12-22(8-10-25-16)7-4-9-24-15-6-3-2-5-14(15)19/h2-3,5-6,11,16H,4,7-10,12H2,1H3,(H,20,21,23). The lowest BCUT2D eigenvalue weighted by Crippen LogP contribution is -2.40. The first kappa shape index (κ1) is 17.6. The highest BCUT2D eigenvalue weighted by Crippen LogP contribution is 2.19. The lowest BCUT2D eigenvalue weighted by atomic mass is 10.2. The van der Waals surface area contributed by atoms with Crippen molar-refractivity contribution in [3.05, 3.63) is 58.0 Å². The molecule has 0 saturated carbocycles. The van der Waals surface area contributed by atoms with Crippen molar-refractivity contribution in [3.8, 4) is 5.75 Å². The first-order valence-electron chi connectivity index (χ1n) is 8.41. The van der Waals surface area contributed by atoms with E-state index in [1.807, 2.05) is 0 Å². The van der Waals surface area contributed by atoms with Crippen LogP contribution in [0.25, 0.3) is 0 Å². The summed E-state index contributed by atoms with van der Waals surface area (Å²) in [6.45, 7) is 5.10. The van der Waals surface area contributed by atoms with Crippen LogP contribution in [0.3, 0.4) is 0 Å². The van der Waals surface area contributed by atoms with Gasteiger partial charge in [-0.15, -0.1) is 0 Å². The number of aromatic amines is 1. The van der Waals surface area contributed by atoms with Crippen molar-refractivity contribution >= 4 is 0 Å². The average Bonchev–Trinajstić information content (AvgIpc) is 2.59. The van der Waals surface area contributed by atoms with E-state index >= 15 is 0 Å². The molecule has 0 aliphatic carbocycles. The van der Waals surface area contributed by atoms with Crippen LogP contribution in [-0.4, -0.2) is 47.7 Å². The number of hydrogen-bond donors (Lipinski definition) is 1. The second-order valence-electron chi connectivity index (χ2n) is 6.06. The Morgan fingerprint density at radius 2 is 2.28 bits per heavy atom. The second kappa shape index (κ2) is 8.22. The minimum Gasteiger partial charge on any atom is -0.490 e. The zero-order chi connectivity index (χ0) is 17.6. The van der Waals surface area contributed by atoms with Crippen LogP contribution < -0.4 is 10.3 Å². The molecule has 2 heterocycles. The Morgan fingerprint density at radius 1 is 1.44 bits per heavy atom. The van der Waals surface area contributed by atoms with Gasteiger partial charge in [-0.25, -0.2) is 9.37 Å². The highest BCUT2D eigenvalue weighted by Gasteiger charge is 2.23. The summed E-state index contributed by atoms with van der Waals surface area (Å²) in [5.74, 6) is 0.504. The number of morpholine rings is 1. The van der Waals surface area contributed by atoms with Gasteiger partial charge in [0.15, 0.2) is 11.6 Å². The Hall–Kier alpha value is -2.25. The van der Waals surface area contributed by atoms with Crippen molar-refractivity contribution in [1.82, 2.24) is 14.9 Å². The summed E-state index contributed by atoms with van der Waals surface area (Å²) in [4.78, 5) is 20.9. The molecule has 1 fully saturated rings. The highest BCUT2D eigenvalue weighted by atomic mass is 19.1. The fourth-order valence-electron chi connectivity index (χ4n) is 2.86. The van der Waals surface area contributed by atoms with Crippen LogP contribution in [0.5, 0.6) is 5.75 Å². The van der Waals surface area contributed by atoms with Gasteiger partial charge in [-0.1, -0.05) is 12.1 Å². The van der Waals surface area contributed by atoms with Crippen LogP contribution in [-0.2, 0) is 4.74 Å². The number of hydrogen-bond acceptors (Lipinski definition) is 5. The third-order valence-corrected chi connectivity index (χ3v) is 4.06. The van der Waals surface area contributed by atoms with Crippen LogP contribution in [0, 0.1) is 12.7 Å². The number of nitrogens with zero attached hydrogens (tertiary/aromatic N) is 2. The lowest BCUT2D eigenvalue weighted by molar-refractivity contribution is -0.0355. The van der Waals surface area contributed by atoms with E-state index in [0.29, 0.717) is 31.3 Å². The summed E-state index contributed by atoms with van der Waals surface area (Å²) in [5.41, 5.74) is 0.513. The van der Waals surface area contributed by atoms with Gasteiger partial charge in [-0.05, 0) is 25.5 Å². The Balaban J connectivity index is 1.48. The molecule has 1 saturated heterocycles. The Bertz CT molecular complexity index is 765. The molecule has 1 aromatic carbocycles. The largest absolute Gasteiger partial charge is 0.490 e. The Labute approximate surface area is 145 Å². The Kier molecular flexibility index (Phi) is 5.78. The molecule has 6 nitrogen and oxygen atoms in total. The first-order valence-corrected chi connectivity index (χ1v) is 8.41. The summed E-state index contributed by atoms with van der Waals surface area (Å²) in [7, 11) is 0. The van der Waals surface area contributed by atoms with E-state index < -0.39 is 0 Å². The zero-order valence-electron chi connectivity index (χ0n) is 14.2. The van der Waals surface area contributed by atoms with E-state index in [1.165, 1.54) is 12.1 Å². The minimum atomic E-state index is -0.344. The monoisotopic (exact) mass is 347 g/mol. The normalized spacial score (nSPS) is 18.2. The third-order valence-electron chi connectivity index (χ3n) is 4.06. The van der Waals surface area contributed by atoms with Crippen molar-refractivity contribution in [3.63, 3.8) is 0 Å². The number of ether oxygens (including phenoxy) is 2. The summed E-state index contributed by atoms with van der Waals surface area (Å²) in [5, 5.41) is 0. The van der Waals surface area contributed by atoms with Crippen molar-refractivity contribution in [2.75, 3.05) is 32.8 Å². The molecule has 0 bridgehead atoms. The molecule has 1 aliphatic rings. The van der Waals surface area contributed by atoms with Gasteiger partial charge in [-0.2, -0.15) is 0 Å². The molecule has 134 valence electrons. The number of rotatable bonds is 6. The fourth-order valence-corrected chi connectivity index (χ4v) is 2.86. The van der Waals surface area contributed by atoms with Crippen LogP contribution in [0.1, 0.15) is 24.0 Å². The number of aromatic nitrogens is 2. The molecule has 1 aromatic heterocycles. The van der Waals surface area contributed by atoms with Gasteiger partial charge in [0.1, 0.15) is 11.9 Å². The van der Waals surface area contributed by atoms with E-state index in [-0.39, 0.29) is 23.2 Å². The highest BCUT2D eigenvalue weighted by molar-refractivity contribution is 5.23. The average molecular weight is 347 g/mol. The molecule has 3 rings (SSSR count). The molecule has 1 unspecified atom stereocenters. The summed E-state index contributed by atoms with van der Waals surface area (Å²) < 4.78 is 24.7. The molecular formula is C18H22FN3O3. The van der Waals surface area contributed by atoms with Crippen LogP contribution in [0.2, 0.25) is 0 Å². The van der Waals surface area contributed by atoms with E-state index in [1.54, 1.807) is 25.1 Å². The fraction of sp³-hybridized carbons (Fsp3) is 0.444. The molecule has 1 aliphatic heterocycles. The van der Waals surface area contributed by atoms with Crippen molar-refractivity contribution in [1.29, 1.82) is 0 Å². The lowest BCUT2D eigenvalue weighted by Gasteiger charge is -2.32. The van der Waals surface area contributed by atoms with Gasteiger partial charge in [0, 0.05) is 31.4 Å². The predicted molar refractivity (Wildman–Crippen MR) is 91.2 cm³/mol. The predicted octanol–water partition coefficient (Wildman–Crippen LogP) is 2.06. The second-order valence-corrected chi connectivity index (χ2v) is 6.06. The topological polar surface area (TPSA) is 67.5 Å². The maximum atomic E-state index is 13.5. The number of benzene rings is 1. The maximum Gasteiger partial charge on any atom is 0.251 e. The zero-order valence-corrected chi connectivity index (χ0v) is 14.2. The van der Waals surface area contributed by atoms with Gasteiger partial charge in [0.2, 0.25) is 0 Å². The molecule has 0 amide bonds. The molecule has 7 heteroatoms. The summed E-state index contributed by atoms with van der Waals surface area (Å²) in [6, 6.07) is 7.86. The summed E-state index contributed by atoms with van der Waals surface area (Å²) in [6.07, 6.45) is 0.535.